The van der Waals surface area contributed by atoms with Crippen LogP contribution >= 0.6 is 11.8 Å². The van der Waals surface area contributed by atoms with Gasteiger partial charge in [-0.2, -0.15) is 0 Å². The standard InChI is InChI=1S/C11H20N2S/c1-10(2)7-4-5-11(10,3)8(6-7)14-9(12)13/h7-8H,4-6H2,1-3H3,(H3,12,13)/t7-,8?,11+/m0/s1. The van der Waals surface area contributed by atoms with E-state index < -0.39 is 0 Å². The molecule has 3 atom stereocenters. The van der Waals surface area contributed by atoms with Crippen molar-refractivity contribution >= 4 is 16.9 Å². The van der Waals surface area contributed by atoms with Crippen molar-refractivity contribution in [1.82, 2.24) is 0 Å². The molecule has 14 heavy (non-hydrogen) atoms. The van der Waals surface area contributed by atoms with E-state index in [0.717, 1.165) is 5.92 Å². The van der Waals surface area contributed by atoms with Crippen LogP contribution in [-0.2, 0) is 0 Å². The predicted octanol–water partition coefficient (Wildman–Crippen LogP) is 2.83. The quantitative estimate of drug-likeness (QED) is 0.518. The summed E-state index contributed by atoms with van der Waals surface area (Å²) in [6.45, 7) is 7.18. The van der Waals surface area contributed by atoms with Gasteiger partial charge in [-0.05, 0) is 36.0 Å². The van der Waals surface area contributed by atoms with Crippen LogP contribution < -0.4 is 5.73 Å². The second-order valence-electron chi connectivity index (χ2n) is 5.58. The van der Waals surface area contributed by atoms with Gasteiger partial charge in [0.25, 0.3) is 0 Å². The molecule has 0 aromatic rings. The Balaban J connectivity index is 2.23. The summed E-state index contributed by atoms with van der Waals surface area (Å²) in [7, 11) is 0. The third kappa shape index (κ3) is 1.14. The number of amidine groups is 1. The van der Waals surface area contributed by atoms with Crippen molar-refractivity contribution in [2.45, 2.75) is 45.3 Å². The fraction of sp³-hybridized carbons (Fsp3) is 0.909. The second-order valence-corrected chi connectivity index (χ2v) is 6.83. The normalized spacial score (nSPS) is 44.2. The maximum absolute atomic E-state index is 7.40. The maximum atomic E-state index is 7.40. The first-order valence-corrected chi connectivity index (χ1v) is 6.26. The van der Waals surface area contributed by atoms with Crippen LogP contribution in [0.25, 0.3) is 0 Å². The first-order chi connectivity index (χ1) is 6.38. The molecule has 0 aliphatic heterocycles. The number of nitrogens with two attached hydrogens (primary N) is 1. The summed E-state index contributed by atoms with van der Waals surface area (Å²) in [5, 5.41) is 8.26. The van der Waals surface area contributed by atoms with Crippen LogP contribution in [0.5, 0.6) is 0 Å². The number of thioether (sulfide) groups is 1. The van der Waals surface area contributed by atoms with E-state index in [1.54, 1.807) is 11.8 Å². The van der Waals surface area contributed by atoms with Gasteiger partial charge in [0.2, 0.25) is 0 Å². The van der Waals surface area contributed by atoms with Crippen LogP contribution in [0.3, 0.4) is 0 Å². The molecular formula is C11H20N2S. The number of hydrogen-bond donors (Lipinski definition) is 2. The predicted molar refractivity (Wildman–Crippen MR) is 62.5 cm³/mol. The Kier molecular flexibility index (Phi) is 2.15. The van der Waals surface area contributed by atoms with E-state index in [0.29, 0.717) is 21.2 Å². The Morgan fingerprint density at radius 1 is 1.43 bits per heavy atom. The van der Waals surface area contributed by atoms with Crippen LogP contribution in [-0.4, -0.2) is 10.4 Å². The summed E-state index contributed by atoms with van der Waals surface area (Å²) < 4.78 is 0. The zero-order chi connectivity index (χ0) is 10.6. The van der Waals surface area contributed by atoms with Crippen LogP contribution in [0.2, 0.25) is 0 Å². The van der Waals surface area contributed by atoms with Crippen molar-refractivity contribution in [3.05, 3.63) is 0 Å². The van der Waals surface area contributed by atoms with E-state index in [9.17, 15) is 0 Å². The molecule has 0 aromatic heterocycles. The molecule has 0 aromatic carbocycles. The number of hydrogen-bond acceptors (Lipinski definition) is 2. The molecule has 80 valence electrons. The Labute approximate surface area is 90.5 Å². The van der Waals surface area contributed by atoms with Gasteiger partial charge in [-0.3, -0.25) is 5.41 Å². The smallest absolute Gasteiger partial charge is 0.151 e. The summed E-state index contributed by atoms with van der Waals surface area (Å²) in [6, 6.07) is 0. The first-order valence-electron chi connectivity index (χ1n) is 5.38. The molecule has 2 fully saturated rings. The molecule has 0 heterocycles. The minimum atomic E-state index is 0.291. The zero-order valence-electron chi connectivity index (χ0n) is 9.26. The second kappa shape index (κ2) is 2.91. The van der Waals surface area contributed by atoms with Crippen molar-refractivity contribution in [3.63, 3.8) is 0 Å². The number of rotatable bonds is 1. The average molecular weight is 212 g/mol. The lowest BCUT2D eigenvalue weighted by atomic mass is 9.71. The van der Waals surface area contributed by atoms with E-state index in [2.05, 4.69) is 20.8 Å². The van der Waals surface area contributed by atoms with Crippen molar-refractivity contribution in [3.8, 4) is 0 Å². The summed E-state index contributed by atoms with van der Waals surface area (Å²) in [5.74, 6) is 0.851. The highest BCUT2D eigenvalue weighted by molar-refractivity contribution is 8.14. The minimum absolute atomic E-state index is 0.291. The van der Waals surface area contributed by atoms with Gasteiger partial charge in [-0.25, -0.2) is 0 Å². The molecule has 1 unspecified atom stereocenters. The zero-order valence-corrected chi connectivity index (χ0v) is 10.1. The highest BCUT2D eigenvalue weighted by Crippen LogP contribution is 2.68. The van der Waals surface area contributed by atoms with E-state index in [1.807, 2.05) is 0 Å². The first kappa shape index (κ1) is 10.3. The topological polar surface area (TPSA) is 49.9 Å². The maximum Gasteiger partial charge on any atom is 0.151 e. The molecule has 0 saturated heterocycles. The van der Waals surface area contributed by atoms with E-state index in [-0.39, 0.29) is 0 Å². The third-order valence-corrected chi connectivity index (χ3v) is 6.23. The summed E-state index contributed by atoms with van der Waals surface area (Å²) >= 11 is 1.59. The van der Waals surface area contributed by atoms with Gasteiger partial charge < -0.3 is 5.73 Å². The van der Waals surface area contributed by atoms with Crippen LogP contribution in [0.1, 0.15) is 40.0 Å². The number of fused-ring (bicyclic) bond motifs is 2. The van der Waals surface area contributed by atoms with Crippen molar-refractivity contribution in [1.29, 1.82) is 5.41 Å². The van der Waals surface area contributed by atoms with Gasteiger partial charge in [0.1, 0.15) is 0 Å². The van der Waals surface area contributed by atoms with Gasteiger partial charge >= 0.3 is 0 Å². The molecule has 0 radical (unpaired) electrons. The van der Waals surface area contributed by atoms with E-state index >= 15 is 0 Å². The number of nitrogens with one attached hydrogen (secondary N) is 1. The molecule has 2 rings (SSSR count). The van der Waals surface area contributed by atoms with Gasteiger partial charge in [-0.15, -0.1) is 0 Å². The van der Waals surface area contributed by atoms with Crippen molar-refractivity contribution in [2.75, 3.05) is 0 Å². The summed E-state index contributed by atoms with van der Waals surface area (Å²) in [5.41, 5.74) is 6.34. The van der Waals surface area contributed by atoms with Gasteiger partial charge in [0.15, 0.2) is 5.17 Å². The Hall–Kier alpha value is -0.180. The average Bonchev–Trinajstić information content (AvgIpc) is 2.35. The molecular weight excluding hydrogens is 192 g/mol. The van der Waals surface area contributed by atoms with Crippen molar-refractivity contribution in [2.24, 2.45) is 22.5 Å². The van der Waals surface area contributed by atoms with Gasteiger partial charge in [0, 0.05) is 5.25 Å². The van der Waals surface area contributed by atoms with Crippen molar-refractivity contribution < 1.29 is 0 Å². The lowest BCUT2D eigenvalue weighted by Crippen LogP contribution is -2.35. The van der Waals surface area contributed by atoms with Gasteiger partial charge in [-0.1, -0.05) is 32.5 Å². The summed E-state index contributed by atoms with van der Waals surface area (Å²) in [6.07, 6.45) is 3.95. The fourth-order valence-corrected chi connectivity index (χ4v) is 4.78. The lowest BCUT2D eigenvalue weighted by Gasteiger charge is -2.38. The minimum Gasteiger partial charge on any atom is -0.379 e. The van der Waals surface area contributed by atoms with E-state index in [1.165, 1.54) is 19.3 Å². The molecule has 2 saturated carbocycles. The highest BCUT2D eigenvalue weighted by Gasteiger charge is 2.61. The third-order valence-electron chi connectivity index (χ3n) is 4.98. The molecule has 0 amide bonds. The molecule has 2 aliphatic rings. The molecule has 2 nitrogen and oxygen atoms in total. The van der Waals surface area contributed by atoms with E-state index in [4.69, 9.17) is 11.1 Å². The largest absolute Gasteiger partial charge is 0.379 e. The lowest BCUT2D eigenvalue weighted by molar-refractivity contribution is 0.157. The Bertz CT molecular complexity index is 274. The highest BCUT2D eigenvalue weighted by atomic mass is 32.2. The summed E-state index contributed by atoms with van der Waals surface area (Å²) in [4.78, 5) is 0. The molecule has 3 heteroatoms. The Morgan fingerprint density at radius 3 is 2.43 bits per heavy atom. The van der Waals surface area contributed by atoms with Crippen LogP contribution in [0.15, 0.2) is 0 Å². The Morgan fingerprint density at radius 2 is 2.07 bits per heavy atom. The molecule has 3 N–H and O–H groups in total. The molecule has 2 aliphatic carbocycles. The van der Waals surface area contributed by atoms with Crippen LogP contribution in [0.4, 0.5) is 0 Å². The monoisotopic (exact) mass is 212 g/mol. The molecule has 0 spiro atoms. The molecule has 2 bridgehead atoms. The van der Waals surface area contributed by atoms with Gasteiger partial charge in [0.05, 0.1) is 0 Å². The fourth-order valence-electron chi connectivity index (χ4n) is 3.46. The van der Waals surface area contributed by atoms with Crippen LogP contribution in [0, 0.1) is 22.2 Å². The SMILES string of the molecule is CC1(C)[C@H]2CC[C@]1(C)C(SC(=N)N)C2.